The van der Waals surface area contributed by atoms with Gasteiger partial charge in [-0.1, -0.05) is 6.92 Å². The molecule has 1 aromatic carbocycles. The average molecular weight is 307 g/mol. The number of nitrogens with one attached hydrogen (secondary N) is 1. The molecular weight excluding hydrogens is 289 g/mol. The third-order valence-electron chi connectivity index (χ3n) is 3.09. The van der Waals surface area contributed by atoms with Gasteiger partial charge in [-0.15, -0.1) is 11.3 Å². The lowest BCUT2D eigenvalue weighted by atomic mass is 10.2. The summed E-state index contributed by atoms with van der Waals surface area (Å²) in [5.74, 6) is 0.262. The van der Waals surface area contributed by atoms with Gasteiger partial charge in [0.2, 0.25) is 0 Å². The molecule has 21 heavy (non-hydrogen) atoms. The van der Waals surface area contributed by atoms with E-state index in [1.165, 1.54) is 23.5 Å². The van der Waals surface area contributed by atoms with Gasteiger partial charge < -0.3 is 10.1 Å². The predicted octanol–water partition coefficient (Wildman–Crippen LogP) is 3.99. The van der Waals surface area contributed by atoms with E-state index >= 15 is 0 Å². The zero-order chi connectivity index (χ0) is 15.2. The fraction of sp³-hybridized carbons (Fsp3) is 0.312. The number of thiophene rings is 1. The quantitative estimate of drug-likeness (QED) is 0.876. The third kappa shape index (κ3) is 4.56. The molecule has 5 heteroatoms. The second-order valence-corrected chi connectivity index (χ2v) is 5.76. The second-order valence-electron chi connectivity index (χ2n) is 4.84. The van der Waals surface area contributed by atoms with Crippen LogP contribution in [0, 0.1) is 5.82 Å². The number of benzene rings is 1. The molecule has 2 rings (SSSR count). The van der Waals surface area contributed by atoms with Gasteiger partial charge in [0, 0.05) is 11.6 Å². The molecule has 3 nitrogen and oxygen atoms in total. The molecular formula is C16H18FNO2S. The Morgan fingerprint density at radius 1 is 1.38 bits per heavy atom. The smallest absolute Gasteiger partial charge is 0.261 e. The van der Waals surface area contributed by atoms with E-state index in [9.17, 15) is 9.18 Å². The second kappa shape index (κ2) is 7.22. The molecule has 1 unspecified atom stereocenters. The minimum atomic E-state index is -0.290. The van der Waals surface area contributed by atoms with Gasteiger partial charge in [-0.2, -0.15) is 0 Å². The molecule has 1 amide bonds. The maximum atomic E-state index is 12.8. The van der Waals surface area contributed by atoms with Crippen LogP contribution in [0.3, 0.4) is 0 Å². The van der Waals surface area contributed by atoms with Crippen LogP contribution >= 0.6 is 11.3 Å². The van der Waals surface area contributed by atoms with Gasteiger partial charge in [-0.25, -0.2) is 4.39 Å². The molecule has 1 aromatic heterocycles. The molecule has 0 aliphatic heterocycles. The fourth-order valence-corrected chi connectivity index (χ4v) is 2.46. The topological polar surface area (TPSA) is 38.3 Å². The summed E-state index contributed by atoms with van der Waals surface area (Å²) in [5, 5.41) is 4.83. The number of hydrogen-bond donors (Lipinski definition) is 1. The summed E-state index contributed by atoms with van der Waals surface area (Å²) >= 11 is 1.40. The number of carbonyl (C=O) groups excluding carboxylic acids is 1. The Morgan fingerprint density at radius 2 is 2.10 bits per heavy atom. The molecule has 0 spiro atoms. The van der Waals surface area contributed by atoms with Crippen molar-refractivity contribution in [1.82, 2.24) is 5.32 Å². The summed E-state index contributed by atoms with van der Waals surface area (Å²) in [6.45, 7) is 4.37. The van der Waals surface area contributed by atoms with E-state index in [-0.39, 0.29) is 17.8 Å². The van der Waals surface area contributed by atoms with Crippen LogP contribution in [0.15, 0.2) is 35.7 Å². The Bertz CT molecular complexity index is 595. The molecule has 0 aliphatic rings. The Labute approximate surface area is 127 Å². The lowest BCUT2D eigenvalue weighted by molar-refractivity contribution is 0.0943. The molecule has 0 saturated heterocycles. The van der Waals surface area contributed by atoms with Gasteiger partial charge in [0.1, 0.15) is 18.2 Å². The Hall–Kier alpha value is -1.88. The molecule has 1 heterocycles. The lowest BCUT2D eigenvalue weighted by Crippen LogP contribution is -2.31. The van der Waals surface area contributed by atoms with Crippen LogP contribution < -0.4 is 10.1 Å². The molecule has 2 aromatic rings. The number of hydrogen-bond acceptors (Lipinski definition) is 3. The molecule has 0 radical (unpaired) electrons. The number of halogens is 1. The van der Waals surface area contributed by atoms with E-state index in [0.29, 0.717) is 17.2 Å². The van der Waals surface area contributed by atoms with Gasteiger partial charge in [0.15, 0.2) is 0 Å². The van der Waals surface area contributed by atoms with Gasteiger partial charge in [-0.3, -0.25) is 4.79 Å². The van der Waals surface area contributed by atoms with E-state index in [2.05, 4.69) is 5.32 Å². The maximum absolute atomic E-state index is 12.8. The van der Waals surface area contributed by atoms with Crippen LogP contribution in [0.4, 0.5) is 4.39 Å². The van der Waals surface area contributed by atoms with Crippen molar-refractivity contribution in [3.63, 3.8) is 0 Å². The first kappa shape index (κ1) is 15.5. The van der Waals surface area contributed by atoms with E-state index in [1.807, 2.05) is 25.3 Å². The Kier molecular flexibility index (Phi) is 5.33. The van der Waals surface area contributed by atoms with E-state index in [0.717, 1.165) is 12.0 Å². The molecule has 0 aliphatic carbocycles. The number of rotatable bonds is 6. The normalized spacial score (nSPS) is 12.0. The summed E-state index contributed by atoms with van der Waals surface area (Å²) in [6, 6.07) is 7.86. The molecule has 1 atom stereocenters. The minimum absolute atomic E-state index is 0.0533. The van der Waals surface area contributed by atoms with Crippen molar-refractivity contribution in [3.8, 4) is 5.75 Å². The van der Waals surface area contributed by atoms with Crippen LogP contribution in [-0.2, 0) is 6.61 Å². The molecule has 0 fully saturated rings. The third-order valence-corrected chi connectivity index (χ3v) is 4.06. The van der Waals surface area contributed by atoms with Crippen molar-refractivity contribution in [1.29, 1.82) is 0 Å². The van der Waals surface area contributed by atoms with E-state index in [4.69, 9.17) is 4.74 Å². The van der Waals surface area contributed by atoms with Crippen molar-refractivity contribution >= 4 is 17.2 Å². The van der Waals surface area contributed by atoms with Crippen molar-refractivity contribution in [2.75, 3.05) is 0 Å². The van der Waals surface area contributed by atoms with Gasteiger partial charge in [0.25, 0.3) is 5.91 Å². The first-order valence-electron chi connectivity index (χ1n) is 6.85. The van der Waals surface area contributed by atoms with Crippen LogP contribution in [-0.4, -0.2) is 11.9 Å². The molecule has 0 bridgehead atoms. The van der Waals surface area contributed by atoms with Gasteiger partial charge in [-0.05, 0) is 49.1 Å². The summed E-state index contributed by atoms with van der Waals surface area (Å²) in [4.78, 5) is 12.6. The summed E-state index contributed by atoms with van der Waals surface area (Å²) in [7, 11) is 0. The van der Waals surface area contributed by atoms with E-state index < -0.39 is 0 Å². The summed E-state index contributed by atoms with van der Waals surface area (Å²) in [5.41, 5.74) is 0.929. The highest BCUT2D eigenvalue weighted by Crippen LogP contribution is 2.18. The standard InChI is InChI=1S/C16H18FNO2S/c1-3-11(2)18-16(19)15-8-12(10-21-15)9-20-14-6-4-13(17)5-7-14/h4-8,10-11H,3,9H2,1-2H3,(H,18,19). The summed E-state index contributed by atoms with van der Waals surface area (Å²) < 4.78 is 18.3. The average Bonchev–Trinajstić information content (AvgIpc) is 2.95. The fourth-order valence-electron chi connectivity index (χ4n) is 1.66. The highest BCUT2D eigenvalue weighted by molar-refractivity contribution is 7.12. The largest absolute Gasteiger partial charge is 0.489 e. The highest BCUT2D eigenvalue weighted by atomic mass is 32.1. The van der Waals surface area contributed by atoms with E-state index in [1.54, 1.807) is 12.1 Å². The van der Waals surface area contributed by atoms with Gasteiger partial charge in [0.05, 0.1) is 4.88 Å². The lowest BCUT2D eigenvalue weighted by Gasteiger charge is -2.09. The van der Waals surface area contributed by atoms with Crippen molar-refractivity contribution in [3.05, 3.63) is 52.0 Å². The zero-order valence-electron chi connectivity index (χ0n) is 12.1. The number of carbonyl (C=O) groups is 1. The Morgan fingerprint density at radius 3 is 2.76 bits per heavy atom. The molecule has 112 valence electrons. The number of ether oxygens (including phenoxy) is 1. The van der Waals surface area contributed by atoms with Crippen LogP contribution in [0.2, 0.25) is 0 Å². The van der Waals surface area contributed by atoms with Crippen LogP contribution in [0.5, 0.6) is 5.75 Å². The zero-order valence-corrected chi connectivity index (χ0v) is 12.9. The number of amides is 1. The SMILES string of the molecule is CCC(C)NC(=O)c1cc(COc2ccc(F)cc2)cs1. The van der Waals surface area contributed by atoms with Crippen LogP contribution in [0.1, 0.15) is 35.5 Å². The predicted molar refractivity (Wildman–Crippen MR) is 82.3 cm³/mol. The monoisotopic (exact) mass is 307 g/mol. The maximum Gasteiger partial charge on any atom is 0.261 e. The van der Waals surface area contributed by atoms with Crippen LogP contribution in [0.25, 0.3) is 0 Å². The summed E-state index contributed by atoms with van der Waals surface area (Å²) in [6.07, 6.45) is 0.900. The Balaban J connectivity index is 1.91. The van der Waals surface area contributed by atoms with Gasteiger partial charge >= 0.3 is 0 Å². The highest BCUT2D eigenvalue weighted by Gasteiger charge is 2.11. The van der Waals surface area contributed by atoms with Crippen molar-refractivity contribution in [2.45, 2.75) is 32.9 Å². The molecule has 1 N–H and O–H groups in total. The van der Waals surface area contributed by atoms with Crippen molar-refractivity contribution < 1.29 is 13.9 Å². The minimum Gasteiger partial charge on any atom is -0.489 e. The first-order chi connectivity index (χ1) is 10.1. The van der Waals surface area contributed by atoms with Crippen molar-refractivity contribution in [2.24, 2.45) is 0 Å². The first-order valence-corrected chi connectivity index (χ1v) is 7.73. The molecule has 0 saturated carbocycles.